The van der Waals surface area contributed by atoms with E-state index in [0.717, 1.165) is 30.1 Å². The molecular weight excluding hydrogens is 244 g/mol. The molecule has 0 aliphatic carbocycles. The number of nitrogens with zero attached hydrogens (tertiary/aromatic N) is 1. The maximum absolute atomic E-state index is 6.13. The van der Waals surface area contributed by atoms with Crippen LogP contribution in [0.5, 0.6) is 0 Å². The Kier molecular flexibility index (Phi) is 5.80. The summed E-state index contributed by atoms with van der Waals surface area (Å²) in [5.74, 6) is 0. The molecule has 2 rings (SSSR count). The molecule has 18 heavy (non-hydrogen) atoms. The van der Waals surface area contributed by atoms with Crippen LogP contribution in [0.1, 0.15) is 33.6 Å². The van der Waals surface area contributed by atoms with Gasteiger partial charge in [-0.15, -0.1) is 0 Å². The second kappa shape index (κ2) is 7.13. The molecule has 4 atom stereocenters. The fourth-order valence-corrected chi connectivity index (χ4v) is 4.48. The first-order valence-corrected chi connectivity index (χ1v) is 8.35. The Balaban J connectivity index is 1.70. The van der Waals surface area contributed by atoms with Crippen LogP contribution in [0.3, 0.4) is 0 Å². The number of rotatable bonds is 5. The van der Waals surface area contributed by atoms with Crippen LogP contribution in [0.15, 0.2) is 0 Å². The third-order valence-electron chi connectivity index (χ3n) is 3.77. The van der Waals surface area contributed by atoms with Gasteiger partial charge in [0, 0.05) is 36.7 Å². The van der Waals surface area contributed by atoms with Crippen LogP contribution < -0.4 is 5.32 Å². The van der Waals surface area contributed by atoms with Crippen molar-refractivity contribution in [3.63, 3.8) is 0 Å². The van der Waals surface area contributed by atoms with Crippen molar-refractivity contribution in [1.29, 1.82) is 0 Å². The second-order valence-corrected chi connectivity index (χ2v) is 7.62. The van der Waals surface area contributed by atoms with Crippen molar-refractivity contribution >= 4 is 11.8 Å². The summed E-state index contributed by atoms with van der Waals surface area (Å²) in [6.07, 6.45) is 3.38. The summed E-state index contributed by atoms with van der Waals surface area (Å²) >= 11 is 2.12. The molecule has 0 aromatic carbocycles. The number of ether oxygens (including phenoxy) is 1. The molecule has 2 heterocycles. The molecule has 0 radical (unpaired) electrons. The molecule has 0 aromatic rings. The summed E-state index contributed by atoms with van der Waals surface area (Å²) in [6, 6.07) is 0. The van der Waals surface area contributed by atoms with E-state index in [1.165, 1.54) is 25.9 Å². The van der Waals surface area contributed by atoms with E-state index in [0.29, 0.717) is 12.2 Å². The zero-order valence-corrected chi connectivity index (χ0v) is 12.8. The zero-order valence-electron chi connectivity index (χ0n) is 12.0. The van der Waals surface area contributed by atoms with Gasteiger partial charge in [0.25, 0.3) is 0 Å². The Labute approximate surface area is 116 Å². The van der Waals surface area contributed by atoms with Crippen LogP contribution in [0, 0.1) is 0 Å². The van der Waals surface area contributed by atoms with Crippen LogP contribution in [-0.2, 0) is 4.74 Å². The van der Waals surface area contributed by atoms with Crippen LogP contribution in [0.2, 0.25) is 0 Å². The Morgan fingerprint density at radius 2 is 1.83 bits per heavy atom. The molecule has 0 bridgehead atoms. The maximum Gasteiger partial charge on any atom is 0.0707 e. The SMILES string of the molecule is CCNCC1CCC(CN2CC(C)SC(C)C2)O1. The smallest absolute Gasteiger partial charge is 0.0707 e. The van der Waals surface area contributed by atoms with Crippen molar-refractivity contribution in [3.05, 3.63) is 0 Å². The molecule has 0 spiro atoms. The fourth-order valence-electron chi connectivity index (χ4n) is 3.09. The number of hydrogen-bond acceptors (Lipinski definition) is 4. The van der Waals surface area contributed by atoms with Crippen molar-refractivity contribution in [2.75, 3.05) is 32.7 Å². The van der Waals surface area contributed by atoms with Crippen LogP contribution in [-0.4, -0.2) is 60.3 Å². The van der Waals surface area contributed by atoms with E-state index in [2.05, 4.69) is 42.7 Å². The summed E-state index contributed by atoms with van der Waals surface area (Å²) < 4.78 is 6.13. The van der Waals surface area contributed by atoms with Gasteiger partial charge in [0.1, 0.15) is 0 Å². The third-order valence-corrected chi connectivity index (χ3v) is 5.00. The topological polar surface area (TPSA) is 24.5 Å². The lowest BCUT2D eigenvalue weighted by molar-refractivity contribution is 0.0234. The van der Waals surface area contributed by atoms with Crippen molar-refractivity contribution in [2.24, 2.45) is 0 Å². The van der Waals surface area contributed by atoms with Gasteiger partial charge < -0.3 is 10.1 Å². The fraction of sp³-hybridized carbons (Fsp3) is 1.00. The van der Waals surface area contributed by atoms with E-state index in [1.54, 1.807) is 0 Å². The van der Waals surface area contributed by atoms with Gasteiger partial charge in [0.05, 0.1) is 12.2 Å². The number of hydrogen-bond donors (Lipinski definition) is 1. The second-order valence-electron chi connectivity index (χ2n) is 5.74. The van der Waals surface area contributed by atoms with E-state index >= 15 is 0 Å². The Hall–Kier alpha value is 0.230. The van der Waals surface area contributed by atoms with Gasteiger partial charge in [-0.05, 0) is 19.4 Å². The standard InChI is InChI=1S/C14H28N2OS/c1-4-15-7-13-5-6-14(17-13)10-16-8-11(2)18-12(3)9-16/h11-15H,4-10H2,1-3H3. The highest BCUT2D eigenvalue weighted by Gasteiger charge is 2.29. The van der Waals surface area contributed by atoms with Gasteiger partial charge in [0.15, 0.2) is 0 Å². The number of nitrogens with one attached hydrogen (secondary N) is 1. The van der Waals surface area contributed by atoms with Gasteiger partial charge in [-0.2, -0.15) is 11.8 Å². The van der Waals surface area contributed by atoms with Gasteiger partial charge in [-0.25, -0.2) is 0 Å². The maximum atomic E-state index is 6.13. The first-order chi connectivity index (χ1) is 8.67. The van der Waals surface area contributed by atoms with E-state index in [1.807, 2.05) is 0 Å². The Morgan fingerprint density at radius 3 is 2.50 bits per heavy atom. The predicted molar refractivity (Wildman–Crippen MR) is 79.4 cm³/mol. The predicted octanol–water partition coefficient (Wildman–Crippen LogP) is 1.97. The lowest BCUT2D eigenvalue weighted by Crippen LogP contribution is -2.44. The molecule has 106 valence electrons. The van der Waals surface area contributed by atoms with Crippen molar-refractivity contribution in [3.8, 4) is 0 Å². The average Bonchev–Trinajstić information content (AvgIpc) is 2.72. The highest BCUT2D eigenvalue weighted by Crippen LogP contribution is 2.27. The minimum atomic E-state index is 0.448. The highest BCUT2D eigenvalue weighted by atomic mass is 32.2. The first-order valence-electron chi connectivity index (χ1n) is 7.41. The Bertz CT molecular complexity index is 242. The molecule has 4 heteroatoms. The quantitative estimate of drug-likeness (QED) is 0.827. The average molecular weight is 272 g/mol. The first kappa shape index (κ1) is 14.6. The summed E-state index contributed by atoms with van der Waals surface area (Å²) in [4.78, 5) is 2.60. The van der Waals surface area contributed by atoms with E-state index < -0.39 is 0 Å². The summed E-state index contributed by atoms with van der Waals surface area (Å²) in [6.45, 7) is 12.5. The number of likely N-dealkylation sites (N-methyl/N-ethyl adjacent to an activating group) is 1. The molecule has 0 amide bonds. The van der Waals surface area contributed by atoms with Gasteiger partial charge in [0.2, 0.25) is 0 Å². The molecule has 4 unspecified atom stereocenters. The summed E-state index contributed by atoms with van der Waals surface area (Å²) in [7, 11) is 0. The van der Waals surface area contributed by atoms with Gasteiger partial charge in [-0.3, -0.25) is 4.90 Å². The summed E-state index contributed by atoms with van der Waals surface area (Å²) in [5, 5.41) is 4.93. The molecule has 0 saturated carbocycles. The zero-order chi connectivity index (χ0) is 13.0. The molecule has 3 nitrogen and oxygen atoms in total. The van der Waals surface area contributed by atoms with Crippen molar-refractivity contribution in [1.82, 2.24) is 10.2 Å². The van der Waals surface area contributed by atoms with Crippen LogP contribution in [0.25, 0.3) is 0 Å². The molecule has 0 aromatic heterocycles. The van der Waals surface area contributed by atoms with Gasteiger partial charge >= 0.3 is 0 Å². The minimum absolute atomic E-state index is 0.448. The lowest BCUT2D eigenvalue weighted by Gasteiger charge is -2.35. The molecule has 2 aliphatic rings. The van der Waals surface area contributed by atoms with E-state index in [4.69, 9.17) is 4.74 Å². The minimum Gasteiger partial charge on any atom is -0.372 e. The highest BCUT2D eigenvalue weighted by molar-refractivity contribution is 8.00. The third kappa shape index (κ3) is 4.41. The molecule has 2 saturated heterocycles. The molecule has 2 aliphatic heterocycles. The monoisotopic (exact) mass is 272 g/mol. The van der Waals surface area contributed by atoms with Crippen LogP contribution in [0.4, 0.5) is 0 Å². The Morgan fingerprint density at radius 1 is 1.17 bits per heavy atom. The van der Waals surface area contributed by atoms with Crippen molar-refractivity contribution in [2.45, 2.75) is 56.3 Å². The summed E-state index contributed by atoms with van der Waals surface area (Å²) in [5.41, 5.74) is 0. The molecule has 1 N–H and O–H groups in total. The normalized spacial score (nSPS) is 38.2. The molecule has 2 fully saturated rings. The van der Waals surface area contributed by atoms with E-state index in [9.17, 15) is 0 Å². The van der Waals surface area contributed by atoms with Crippen molar-refractivity contribution < 1.29 is 4.74 Å². The van der Waals surface area contributed by atoms with Crippen LogP contribution >= 0.6 is 11.8 Å². The lowest BCUT2D eigenvalue weighted by atomic mass is 10.2. The van der Waals surface area contributed by atoms with Gasteiger partial charge in [-0.1, -0.05) is 20.8 Å². The molecular formula is C14H28N2OS. The van der Waals surface area contributed by atoms with E-state index in [-0.39, 0.29) is 0 Å². The largest absolute Gasteiger partial charge is 0.372 e. The number of thioether (sulfide) groups is 1.